The number of carbonyl (C=O) groups excluding carboxylic acids is 1. The molecule has 2 amide bonds. The summed E-state index contributed by atoms with van der Waals surface area (Å²) in [5.74, 6) is 0.476. The molecule has 31 heavy (non-hydrogen) atoms. The molecule has 0 aliphatic carbocycles. The van der Waals surface area contributed by atoms with E-state index in [1.54, 1.807) is 6.20 Å². The highest BCUT2D eigenvalue weighted by atomic mass is 32.2. The Labute approximate surface area is 186 Å². The van der Waals surface area contributed by atoms with Gasteiger partial charge in [-0.1, -0.05) is 35.2 Å². The maximum absolute atomic E-state index is 12.3. The number of carbonyl (C=O) groups is 1. The van der Waals surface area contributed by atoms with Gasteiger partial charge in [0.2, 0.25) is 5.13 Å². The monoisotopic (exact) mass is 452 g/mol. The number of hydrogen-bond acceptors (Lipinski definition) is 7. The van der Waals surface area contributed by atoms with E-state index in [0.717, 1.165) is 16.7 Å². The number of aromatic nitrogens is 4. The largest absolute Gasteiger partial charge is 0.325 e. The molecule has 3 aromatic heterocycles. The van der Waals surface area contributed by atoms with Crippen LogP contribution in [0.1, 0.15) is 22.4 Å². The lowest BCUT2D eigenvalue weighted by atomic mass is 10.1. The lowest BCUT2D eigenvalue weighted by Gasteiger charge is -2.07. The highest BCUT2D eigenvalue weighted by Gasteiger charge is 2.11. The predicted octanol–water partition coefficient (Wildman–Crippen LogP) is 4.41. The number of thioether (sulfide) groups is 1. The second kappa shape index (κ2) is 8.86. The highest BCUT2D eigenvalue weighted by molar-refractivity contribution is 8.00. The van der Waals surface area contributed by atoms with Crippen molar-refractivity contribution in [2.45, 2.75) is 30.9 Å². The third-order valence-corrected chi connectivity index (χ3v) is 6.68. The van der Waals surface area contributed by atoms with Gasteiger partial charge in [0.15, 0.2) is 4.34 Å². The van der Waals surface area contributed by atoms with Gasteiger partial charge in [0.25, 0.3) is 5.56 Å². The van der Waals surface area contributed by atoms with Crippen LogP contribution in [-0.2, 0) is 5.75 Å². The first-order valence-electron chi connectivity index (χ1n) is 9.48. The van der Waals surface area contributed by atoms with E-state index in [-0.39, 0.29) is 11.6 Å². The molecule has 0 bridgehead atoms. The first kappa shape index (κ1) is 21.0. The van der Waals surface area contributed by atoms with Crippen LogP contribution in [0.4, 0.5) is 15.6 Å². The predicted molar refractivity (Wildman–Crippen MR) is 124 cm³/mol. The number of benzene rings is 1. The molecule has 4 aromatic rings. The number of rotatable bonds is 5. The maximum Gasteiger partial charge on any atom is 0.325 e. The van der Waals surface area contributed by atoms with Gasteiger partial charge in [-0.2, -0.15) is 0 Å². The van der Waals surface area contributed by atoms with Gasteiger partial charge < -0.3 is 5.32 Å². The molecular formula is C21H20N6O2S2. The van der Waals surface area contributed by atoms with Crippen molar-refractivity contribution in [1.82, 2.24) is 19.6 Å². The van der Waals surface area contributed by atoms with Crippen molar-refractivity contribution in [2.24, 2.45) is 0 Å². The number of pyridine rings is 1. The average Bonchev–Trinajstić information content (AvgIpc) is 3.17. The van der Waals surface area contributed by atoms with Gasteiger partial charge in [0.05, 0.1) is 5.69 Å². The van der Waals surface area contributed by atoms with Crippen LogP contribution in [0, 0.1) is 20.8 Å². The molecule has 0 aliphatic heterocycles. The van der Waals surface area contributed by atoms with E-state index in [1.807, 2.05) is 51.1 Å². The third-order valence-electron chi connectivity index (χ3n) is 4.67. The van der Waals surface area contributed by atoms with Crippen LogP contribution in [0.3, 0.4) is 0 Å². The van der Waals surface area contributed by atoms with Crippen molar-refractivity contribution >= 4 is 45.6 Å². The molecule has 2 N–H and O–H groups in total. The van der Waals surface area contributed by atoms with Gasteiger partial charge in [-0.25, -0.2) is 9.78 Å². The molecule has 10 heteroatoms. The maximum atomic E-state index is 12.3. The smallest absolute Gasteiger partial charge is 0.308 e. The third kappa shape index (κ3) is 4.92. The molecule has 3 heterocycles. The minimum atomic E-state index is -0.379. The molecular weight excluding hydrogens is 432 g/mol. The van der Waals surface area contributed by atoms with E-state index in [9.17, 15) is 9.59 Å². The summed E-state index contributed by atoms with van der Waals surface area (Å²) in [6.45, 7) is 5.93. The van der Waals surface area contributed by atoms with Crippen molar-refractivity contribution in [3.8, 4) is 0 Å². The zero-order valence-electron chi connectivity index (χ0n) is 17.2. The van der Waals surface area contributed by atoms with Crippen LogP contribution in [-0.4, -0.2) is 25.6 Å². The fourth-order valence-corrected chi connectivity index (χ4v) is 4.56. The summed E-state index contributed by atoms with van der Waals surface area (Å²) in [5.41, 5.74) is 5.11. The van der Waals surface area contributed by atoms with E-state index >= 15 is 0 Å². The second-order valence-electron chi connectivity index (χ2n) is 7.01. The first-order chi connectivity index (χ1) is 14.9. The number of nitrogens with zero attached hydrogens (tertiary/aromatic N) is 4. The molecule has 0 unspecified atom stereocenters. The molecule has 158 valence electrons. The molecule has 1 aromatic carbocycles. The summed E-state index contributed by atoms with van der Waals surface area (Å²) in [6.07, 6.45) is 1.71. The van der Waals surface area contributed by atoms with Crippen LogP contribution >= 0.6 is 23.1 Å². The van der Waals surface area contributed by atoms with Gasteiger partial charge in [-0.15, -0.1) is 10.2 Å². The SMILES string of the molecule is Cc1ccc(NC(=O)Nc2nnc(SCc3cc(=O)n4cccc(C)c4n3)s2)cc1C. The minimum Gasteiger partial charge on any atom is -0.308 e. The topological polar surface area (TPSA) is 101 Å². The zero-order valence-corrected chi connectivity index (χ0v) is 18.8. The molecule has 0 fully saturated rings. The number of nitrogens with one attached hydrogen (secondary N) is 2. The summed E-state index contributed by atoms with van der Waals surface area (Å²) in [6, 6.07) is 10.6. The van der Waals surface area contributed by atoms with Gasteiger partial charge in [-0.3, -0.25) is 14.5 Å². The van der Waals surface area contributed by atoms with E-state index in [0.29, 0.717) is 32.3 Å². The van der Waals surface area contributed by atoms with Gasteiger partial charge in [0, 0.05) is 23.7 Å². The van der Waals surface area contributed by atoms with Crippen LogP contribution < -0.4 is 16.2 Å². The highest BCUT2D eigenvalue weighted by Crippen LogP contribution is 2.28. The van der Waals surface area contributed by atoms with Crippen molar-refractivity contribution in [3.63, 3.8) is 0 Å². The summed E-state index contributed by atoms with van der Waals surface area (Å²) >= 11 is 2.68. The molecule has 0 atom stereocenters. The van der Waals surface area contributed by atoms with Crippen LogP contribution in [0.5, 0.6) is 0 Å². The number of hydrogen-bond donors (Lipinski definition) is 2. The van der Waals surface area contributed by atoms with Crippen molar-refractivity contribution in [2.75, 3.05) is 10.6 Å². The summed E-state index contributed by atoms with van der Waals surface area (Å²) in [7, 11) is 0. The zero-order chi connectivity index (χ0) is 22.0. The Bertz CT molecular complexity index is 1330. The average molecular weight is 453 g/mol. The van der Waals surface area contributed by atoms with Crippen LogP contribution in [0.2, 0.25) is 0 Å². The van der Waals surface area contributed by atoms with Crippen LogP contribution in [0.25, 0.3) is 5.65 Å². The van der Waals surface area contributed by atoms with E-state index in [4.69, 9.17) is 0 Å². The standard InChI is InChI=1S/C21H20N6O2S2/c1-12-6-7-15(9-14(12)3)23-19(29)24-20-25-26-21(31-20)30-11-16-10-17(28)27-8-4-5-13(2)18(27)22-16/h4-10H,11H2,1-3H3,(H2,23,24,25,29). The van der Waals surface area contributed by atoms with Crippen molar-refractivity contribution in [3.05, 3.63) is 75.3 Å². The van der Waals surface area contributed by atoms with E-state index in [1.165, 1.54) is 33.6 Å². The number of fused-ring (bicyclic) bond motifs is 1. The summed E-state index contributed by atoms with van der Waals surface area (Å²) in [5, 5.41) is 14.0. The Morgan fingerprint density at radius 3 is 2.71 bits per heavy atom. The van der Waals surface area contributed by atoms with Gasteiger partial charge in [-0.05, 0) is 55.7 Å². The molecule has 0 radical (unpaired) electrons. The molecule has 0 saturated heterocycles. The molecule has 0 saturated carbocycles. The minimum absolute atomic E-state index is 0.119. The second-order valence-corrected chi connectivity index (χ2v) is 9.21. The van der Waals surface area contributed by atoms with Crippen molar-refractivity contribution in [1.29, 1.82) is 0 Å². The van der Waals surface area contributed by atoms with Gasteiger partial charge in [0.1, 0.15) is 5.65 Å². The Balaban J connectivity index is 1.38. The number of amides is 2. The fraction of sp³-hybridized carbons (Fsp3) is 0.190. The van der Waals surface area contributed by atoms with Gasteiger partial charge >= 0.3 is 6.03 Å². The van der Waals surface area contributed by atoms with Crippen LogP contribution in [0.15, 0.2) is 51.7 Å². The van der Waals surface area contributed by atoms with E-state index < -0.39 is 0 Å². The normalized spacial score (nSPS) is 10.9. The Morgan fingerprint density at radius 1 is 1.06 bits per heavy atom. The lowest BCUT2D eigenvalue weighted by Crippen LogP contribution is -2.19. The number of aryl methyl sites for hydroxylation is 3. The lowest BCUT2D eigenvalue weighted by molar-refractivity contribution is 0.262. The summed E-state index contributed by atoms with van der Waals surface area (Å²) in [4.78, 5) is 29.1. The van der Waals surface area contributed by atoms with Crippen molar-refractivity contribution < 1.29 is 4.79 Å². The molecule has 0 aliphatic rings. The Morgan fingerprint density at radius 2 is 1.90 bits per heavy atom. The molecule has 4 rings (SSSR count). The molecule has 0 spiro atoms. The quantitative estimate of drug-likeness (QED) is 0.344. The first-order valence-corrected chi connectivity index (χ1v) is 11.3. The number of urea groups is 1. The van der Waals surface area contributed by atoms with E-state index in [2.05, 4.69) is 25.8 Å². The Kier molecular flexibility index (Phi) is 6.01. The summed E-state index contributed by atoms with van der Waals surface area (Å²) < 4.78 is 2.21. The number of anilines is 2. The Hall–Kier alpha value is -3.24. The fourth-order valence-electron chi connectivity index (χ4n) is 2.92. The molecule has 8 nitrogen and oxygen atoms in total.